The van der Waals surface area contributed by atoms with Gasteiger partial charge in [0.25, 0.3) is 5.91 Å². The van der Waals surface area contributed by atoms with E-state index >= 15 is 0 Å². The molecule has 0 spiro atoms. The molecule has 0 N–H and O–H groups in total. The maximum Gasteiger partial charge on any atom is 0.251 e. The number of amides is 1. The highest BCUT2D eigenvalue weighted by atomic mass is 32.1. The summed E-state index contributed by atoms with van der Waals surface area (Å²) in [5.41, 5.74) is 1.40. The van der Waals surface area contributed by atoms with Gasteiger partial charge in [0, 0.05) is 11.1 Å². The summed E-state index contributed by atoms with van der Waals surface area (Å²) in [5, 5.41) is 6.87. The van der Waals surface area contributed by atoms with Gasteiger partial charge in [0.1, 0.15) is 24.5 Å². The second kappa shape index (κ2) is 6.88. The number of benzene rings is 1. The Balaban J connectivity index is 1.91. The fourth-order valence-electron chi connectivity index (χ4n) is 2.32. The molecule has 0 bridgehead atoms. The van der Waals surface area contributed by atoms with Crippen LogP contribution in [0.1, 0.15) is 23.7 Å². The lowest BCUT2D eigenvalue weighted by atomic mass is 10.2. The predicted molar refractivity (Wildman–Crippen MR) is 89.2 cm³/mol. The van der Waals surface area contributed by atoms with E-state index in [2.05, 4.69) is 15.1 Å². The van der Waals surface area contributed by atoms with Crippen molar-refractivity contribution in [3.8, 4) is 0 Å². The summed E-state index contributed by atoms with van der Waals surface area (Å²) >= 11 is 1.53. The maximum atomic E-state index is 13.2. The molecule has 1 aromatic carbocycles. The normalized spacial score (nSPS) is 12.1. The molecular formula is C16H16FN5OS. The van der Waals surface area contributed by atoms with Gasteiger partial charge in [0.15, 0.2) is 0 Å². The van der Waals surface area contributed by atoms with Crippen LogP contribution in [0.4, 0.5) is 10.1 Å². The number of rotatable bonds is 5. The van der Waals surface area contributed by atoms with E-state index in [1.165, 1.54) is 40.8 Å². The summed E-state index contributed by atoms with van der Waals surface area (Å²) < 4.78 is 14.7. The summed E-state index contributed by atoms with van der Waals surface area (Å²) in [6.45, 7) is 3.98. The minimum Gasteiger partial charge on any atom is -0.305 e. The molecule has 1 atom stereocenters. The van der Waals surface area contributed by atoms with Crippen molar-refractivity contribution in [2.45, 2.75) is 26.4 Å². The monoisotopic (exact) mass is 345 g/mol. The summed E-state index contributed by atoms with van der Waals surface area (Å²) in [6, 6.07) is 5.31. The van der Waals surface area contributed by atoms with Crippen LogP contribution in [0, 0.1) is 12.7 Å². The van der Waals surface area contributed by atoms with Gasteiger partial charge in [0.2, 0.25) is 0 Å². The Morgan fingerprint density at radius 2 is 2.12 bits per heavy atom. The highest BCUT2D eigenvalue weighted by molar-refractivity contribution is 7.09. The van der Waals surface area contributed by atoms with Gasteiger partial charge in [-0.15, -0.1) is 11.3 Å². The number of hydrogen-bond donors (Lipinski definition) is 0. The van der Waals surface area contributed by atoms with Crippen LogP contribution in [0.2, 0.25) is 0 Å². The predicted octanol–water partition coefficient (Wildman–Crippen LogP) is 2.98. The zero-order valence-electron chi connectivity index (χ0n) is 13.3. The molecule has 0 fully saturated rings. The molecule has 0 radical (unpaired) electrons. The van der Waals surface area contributed by atoms with Crippen molar-refractivity contribution in [2.24, 2.45) is 0 Å². The van der Waals surface area contributed by atoms with Crippen molar-refractivity contribution in [1.29, 1.82) is 0 Å². The molecule has 124 valence electrons. The molecule has 1 amide bonds. The Bertz CT molecular complexity index is 815. The summed E-state index contributed by atoms with van der Waals surface area (Å²) in [7, 11) is 0. The van der Waals surface area contributed by atoms with Gasteiger partial charge in [-0.05, 0) is 38.1 Å². The highest BCUT2D eigenvalue weighted by Crippen LogP contribution is 2.22. The average molecular weight is 345 g/mol. The van der Waals surface area contributed by atoms with E-state index in [-0.39, 0.29) is 11.7 Å². The minimum atomic E-state index is -0.530. The molecule has 0 aliphatic heterocycles. The summed E-state index contributed by atoms with van der Waals surface area (Å²) in [5.74, 6) is -0.516. The molecule has 8 heteroatoms. The molecule has 0 aliphatic carbocycles. The second-order valence-corrected chi connectivity index (χ2v) is 6.37. The molecule has 24 heavy (non-hydrogen) atoms. The number of aryl methyl sites for hydroxylation is 1. The SMILES string of the molecule is Cc1nc(CN(C(=O)[C@H](C)n2cncn2)c2ccc(F)cc2)cs1. The van der Waals surface area contributed by atoms with Gasteiger partial charge in [-0.25, -0.2) is 19.0 Å². The van der Waals surface area contributed by atoms with E-state index < -0.39 is 6.04 Å². The zero-order valence-corrected chi connectivity index (χ0v) is 14.1. The third-order valence-corrected chi connectivity index (χ3v) is 4.40. The first-order chi connectivity index (χ1) is 11.5. The first-order valence-corrected chi connectivity index (χ1v) is 8.24. The second-order valence-electron chi connectivity index (χ2n) is 5.31. The average Bonchev–Trinajstić information content (AvgIpc) is 3.24. The lowest BCUT2D eigenvalue weighted by Crippen LogP contribution is -2.36. The van der Waals surface area contributed by atoms with E-state index in [1.54, 1.807) is 24.0 Å². The van der Waals surface area contributed by atoms with Gasteiger partial charge < -0.3 is 4.90 Å². The highest BCUT2D eigenvalue weighted by Gasteiger charge is 2.24. The number of carbonyl (C=O) groups excluding carboxylic acids is 1. The van der Waals surface area contributed by atoms with Gasteiger partial charge in [0.05, 0.1) is 17.2 Å². The molecule has 0 unspecified atom stereocenters. The van der Waals surface area contributed by atoms with Crippen LogP contribution in [0.15, 0.2) is 42.3 Å². The molecular weight excluding hydrogens is 329 g/mol. The summed E-state index contributed by atoms with van der Waals surface area (Å²) in [4.78, 5) is 22.8. The van der Waals surface area contributed by atoms with Gasteiger partial charge in [-0.2, -0.15) is 5.10 Å². The molecule has 0 saturated carbocycles. The van der Waals surface area contributed by atoms with Gasteiger partial charge in [-0.3, -0.25) is 4.79 Å². The lowest BCUT2D eigenvalue weighted by Gasteiger charge is -2.25. The van der Waals surface area contributed by atoms with Crippen molar-refractivity contribution in [3.05, 3.63) is 58.8 Å². The van der Waals surface area contributed by atoms with E-state index in [4.69, 9.17) is 0 Å². The lowest BCUT2D eigenvalue weighted by molar-refractivity contribution is -0.121. The first kappa shape index (κ1) is 16.3. The van der Waals surface area contributed by atoms with Crippen molar-refractivity contribution in [3.63, 3.8) is 0 Å². The number of carbonyl (C=O) groups is 1. The molecule has 2 heterocycles. The molecule has 0 saturated heterocycles. The van der Waals surface area contributed by atoms with E-state index in [9.17, 15) is 9.18 Å². The Kier molecular flexibility index (Phi) is 4.66. The third-order valence-electron chi connectivity index (χ3n) is 3.58. The van der Waals surface area contributed by atoms with Crippen LogP contribution in [0.5, 0.6) is 0 Å². The van der Waals surface area contributed by atoms with Crippen molar-refractivity contribution in [2.75, 3.05) is 4.90 Å². The Hall–Kier alpha value is -2.61. The molecule has 0 aliphatic rings. The van der Waals surface area contributed by atoms with Crippen LogP contribution in [0.3, 0.4) is 0 Å². The Morgan fingerprint density at radius 1 is 1.38 bits per heavy atom. The first-order valence-electron chi connectivity index (χ1n) is 7.36. The van der Waals surface area contributed by atoms with E-state index in [0.29, 0.717) is 12.2 Å². The minimum absolute atomic E-state index is 0.169. The zero-order chi connectivity index (χ0) is 17.1. The van der Waals surface area contributed by atoms with Gasteiger partial charge >= 0.3 is 0 Å². The Labute approximate surface area is 142 Å². The third kappa shape index (κ3) is 3.48. The fourth-order valence-corrected chi connectivity index (χ4v) is 2.92. The van der Waals surface area contributed by atoms with Crippen molar-refractivity contribution in [1.82, 2.24) is 19.7 Å². The van der Waals surface area contributed by atoms with Gasteiger partial charge in [-0.1, -0.05) is 0 Å². The van der Waals surface area contributed by atoms with Crippen LogP contribution < -0.4 is 4.90 Å². The fraction of sp³-hybridized carbons (Fsp3) is 0.250. The largest absolute Gasteiger partial charge is 0.305 e. The van der Waals surface area contributed by atoms with E-state index in [1.807, 2.05) is 12.3 Å². The quantitative estimate of drug-likeness (QED) is 0.713. The van der Waals surface area contributed by atoms with Crippen molar-refractivity contribution >= 4 is 22.9 Å². The molecule has 3 aromatic rings. The van der Waals surface area contributed by atoms with E-state index in [0.717, 1.165) is 10.7 Å². The van der Waals surface area contributed by atoms with Crippen LogP contribution in [-0.4, -0.2) is 25.7 Å². The topological polar surface area (TPSA) is 63.9 Å². The number of thiazole rings is 1. The van der Waals surface area contributed by atoms with Crippen molar-refractivity contribution < 1.29 is 9.18 Å². The Morgan fingerprint density at radius 3 is 2.71 bits per heavy atom. The number of anilines is 1. The number of halogens is 1. The van der Waals surface area contributed by atoms with Crippen LogP contribution >= 0.6 is 11.3 Å². The number of aromatic nitrogens is 4. The number of hydrogen-bond acceptors (Lipinski definition) is 5. The summed E-state index contributed by atoms with van der Waals surface area (Å²) in [6.07, 6.45) is 2.88. The smallest absolute Gasteiger partial charge is 0.251 e. The standard InChI is InChI=1S/C16H16FN5OS/c1-11(22-10-18-9-19-22)16(23)21(7-14-8-24-12(2)20-14)15-5-3-13(17)4-6-15/h3-6,8-11H,7H2,1-2H3/t11-/m0/s1. The molecule has 6 nitrogen and oxygen atoms in total. The molecule has 2 aromatic heterocycles. The van der Waals surface area contributed by atoms with Crippen LogP contribution in [0.25, 0.3) is 0 Å². The number of nitrogens with zero attached hydrogens (tertiary/aromatic N) is 5. The maximum absolute atomic E-state index is 13.2. The molecule has 3 rings (SSSR count). The van der Waals surface area contributed by atoms with Crippen LogP contribution in [-0.2, 0) is 11.3 Å².